The van der Waals surface area contributed by atoms with Crippen molar-refractivity contribution in [2.24, 2.45) is 0 Å². The number of hydrogen-bond acceptors (Lipinski definition) is 4. The molecule has 24 heavy (non-hydrogen) atoms. The zero-order valence-electron chi connectivity index (χ0n) is 13.7. The van der Waals surface area contributed by atoms with Crippen molar-refractivity contribution in [3.05, 3.63) is 51.6 Å². The standard InChI is InChI=1S/C18H20INO4/c1-22-16-11-14(15(19)12-17(16)23-2)18(21)20-9-6-10-24-13-7-4-3-5-8-13/h3-5,7-8,11-12H,6,9-10H2,1-2H3,(H,20,21). The van der Waals surface area contributed by atoms with Crippen LogP contribution in [-0.2, 0) is 0 Å². The maximum Gasteiger partial charge on any atom is 0.252 e. The second-order valence-electron chi connectivity index (χ2n) is 4.96. The van der Waals surface area contributed by atoms with Crippen LogP contribution in [0.15, 0.2) is 42.5 Å². The second-order valence-corrected chi connectivity index (χ2v) is 6.12. The van der Waals surface area contributed by atoms with Crippen LogP contribution in [0, 0.1) is 3.57 Å². The molecule has 0 aromatic heterocycles. The first-order valence-corrected chi connectivity index (χ1v) is 8.61. The minimum atomic E-state index is -0.139. The SMILES string of the molecule is COc1cc(I)c(C(=O)NCCCOc2ccccc2)cc1OC. The van der Waals surface area contributed by atoms with Crippen LogP contribution in [0.25, 0.3) is 0 Å². The monoisotopic (exact) mass is 441 g/mol. The zero-order valence-corrected chi connectivity index (χ0v) is 15.8. The number of hydrogen-bond donors (Lipinski definition) is 1. The van der Waals surface area contributed by atoms with Gasteiger partial charge in [-0.2, -0.15) is 0 Å². The van der Waals surface area contributed by atoms with Crippen molar-refractivity contribution in [1.82, 2.24) is 5.32 Å². The van der Waals surface area contributed by atoms with Crippen molar-refractivity contribution in [3.8, 4) is 17.2 Å². The van der Waals surface area contributed by atoms with Gasteiger partial charge in [0.05, 0.1) is 26.4 Å². The largest absolute Gasteiger partial charge is 0.494 e. The molecule has 0 bridgehead atoms. The number of amides is 1. The molecule has 0 heterocycles. The molecule has 0 fully saturated rings. The van der Waals surface area contributed by atoms with Gasteiger partial charge in [0, 0.05) is 10.1 Å². The Bertz CT molecular complexity index is 676. The second kappa shape index (κ2) is 9.36. The van der Waals surface area contributed by atoms with E-state index >= 15 is 0 Å². The van der Waals surface area contributed by atoms with E-state index in [2.05, 4.69) is 27.9 Å². The third-order valence-electron chi connectivity index (χ3n) is 3.34. The molecule has 0 spiro atoms. The van der Waals surface area contributed by atoms with Crippen molar-refractivity contribution in [2.75, 3.05) is 27.4 Å². The summed E-state index contributed by atoms with van der Waals surface area (Å²) in [5.74, 6) is 1.84. The molecule has 0 saturated carbocycles. The Kier molecular flexibility index (Phi) is 7.17. The van der Waals surface area contributed by atoms with Gasteiger partial charge in [-0.1, -0.05) is 18.2 Å². The van der Waals surface area contributed by atoms with Crippen molar-refractivity contribution in [1.29, 1.82) is 0 Å². The molecule has 2 aromatic rings. The molecule has 2 aromatic carbocycles. The summed E-state index contributed by atoms with van der Waals surface area (Å²) in [6.45, 7) is 1.09. The highest BCUT2D eigenvalue weighted by molar-refractivity contribution is 14.1. The molecular formula is C18H20INO4. The van der Waals surface area contributed by atoms with E-state index in [1.54, 1.807) is 26.4 Å². The average Bonchev–Trinajstić information content (AvgIpc) is 2.61. The summed E-state index contributed by atoms with van der Waals surface area (Å²) in [4.78, 5) is 12.3. The highest BCUT2D eigenvalue weighted by Gasteiger charge is 2.15. The quantitative estimate of drug-likeness (QED) is 0.504. The van der Waals surface area contributed by atoms with E-state index in [0.717, 1.165) is 15.7 Å². The van der Waals surface area contributed by atoms with Gasteiger partial charge in [-0.25, -0.2) is 0 Å². The lowest BCUT2D eigenvalue weighted by Gasteiger charge is -2.12. The molecule has 2 rings (SSSR count). The number of ether oxygens (including phenoxy) is 3. The van der Waals surface area contributed by atoms with E-state index < -0.39 is 0 Å². The Labute approximate surface area is 155 Å². The Hall–Kier alpha value is -1.96. The van der Waals surface area contributed by atoms with Crippen LogP contribution in [0.4, 0.5) is 0 Å². The van der Waals surface area contributed by atoms with Crippen molar-refractivity contribution in [2.45, 2.75) is 6.42 Å². The average molecular weight is 441 g/mol. The van der Waals surface area contributed by atoms with Gasteiger partial charge in [0.25, 0.3) is 5.91 Å². The first kappa shape index (κ1) is 18.4. The topological polar surface area (TPSA) is 56.8 Å². The van der Waals surface area contributed by atoms with Crippen molar-refractivity contribution in [3.63, 3.8) is 0 Å². The van der Waals surface area contributed by atoms with Crippen LogP contribution in [0.1, 0.15) is 16.8 Å². The lowest BCUT2D eigenvalue weighted by atomic mass is 10.2. The zero-order chi connectivity index (χ0) is 17.4. The Morgan fingerprint density at radius 2 is 1.75 bits per heavy atom. The molecular weight excluding hydrogens is 421 g/mol. The fraction of sp³-hybridized carbons (Fsp3) is 0.278. The molecule has 6 heteroatoms. The van der Waals surface area contributed by atoms with E-state index in [0.29, 0.717) is 30.2 Å². The number of nitrogens with one attached hydrogen (secondary N) is 1. The summed E-state index contributed by atoms with van der Waals surface area (Å²) < 4.78 is 16.9. The van der Waals surface area contributed by atoms with E-state index in [1.165, 1.54) is 0 Å². The predicted octanol–water partition coefficient (Wildman–Crippen LogP) is 3.51. The molecule has 0 aliphatic rings. The molecule has 0 aliphatic carbocycles. The Morgan fingerprint density at radius 1 is 1.08 bits per heavy atom. The number of rotatable bonds is 8. The summed E-state index contributed by atoms with van der Waals surface area (Å²) >= 11 is 2.11. The highest BCUT2D eigenvalue weighted by Crippen LogP contribution is 2.31. The van der Waals surface area contributed by atoms with Gasteiger partial charge >= 0.3 is 0 Å². The first-order chi connectivity index (χ1) is 11.7. The molecule has 0 atom stereocenters. The Balaban J connectivity index is 1.84. The summed E-state index contributed by atoms with van der Waals surface area (Å²) in [6, 6.07) is 13.1. The van der Waals surface area contributed by atoms with Gasteiger partial charge in [0.15, 0.2) is 11.5 Å². The number of halogens is 1. The number of carbonyl (C=O) groups excluding carboxylic acids is 1. The van der Waals surface area contributed by atoms with E-state index in [1.807, 2.05) is 30.3 Å². The van der Waals surface area contributed by atoms with Crippen LogP contribution in [-0.4, -0.2) is 33.3 Å². The fourth-order valence-corrected chi connectivity index (χ4v) is 2.79. The van der Waals surface area contributed by atoms with Gasteiger partial charge in [-0.15, -0.1) is 0 Å². The molecule has 0 unspecified atom stereocenters. The van der Waals surface area contributed by atoms with Gasteiger partial charge in [0.1, 0.15) is 5.75 Å². The lowest BCUT2D eigenvalue weighted by molar-refractivity contribution is 0.0950. The molecule has 0 saturated heterocycles. The molecule has 5 nitrogen and oxygen atoms in total. The third kappa shape index (κ3) is 5.02. The van der Waals surface area contributed by atoms with Gasteiger partial charge < -0.3 is 19.5 Å². The summed E-state index contributed by atoms with van der Waals surface area (Å²) in [7, 11) is 3.12. The van der Waals surface area contributed by atoms with Gasteiger partial charge in [-0.3, -0.25) is 4.79 Å². The normalized spacial score (nSPS) is 10.1. The van der Waals surface area contributed by atoms with Crippen LogP contribution in [0.2, 0.25) is 0 Å². The number of methoxy groups -OCH3 is 2. The number of benzene rings is 2. The molecule has 128 valence electrons. The summed E-state index contributed by atoms with van der Waals surface area (Å²) in [6.07, 6.45) is 0.727. The summed E-state index contributed by atoms with van der Waals surface area (Å²) in [5, 5.41) is 2.89. The minimum Gasteiger partial charge on any atom is -0.494 e. The molecule has 1 N–H and O–H groups in total. The summed E-state index contributed by atoms with van der Waals surface area (Å²) in [5.41, 5.74) is 0.567. The van der Waals surface area contributed by atoms with Crippen LogP contribution in [0.3, 0.4) is 0 Å². The van der Waals surface area contributed by atoms with Crippen LogP contribution >= 0.6 is 22.6 Å². The third-order valence-corrected chi connectivity index (χ3v) is 4.23. The van der Waals surface area contributed by atoms with Crippen molar-refractivity contribution >= 4 is 28.5 Å². The molecule has 0 aliphatic heterocycles. The first-order valence-electron chi connectivity index (χ1n) is 7.53. The Morgan fingerprint density at radius 3 is 2.42 bits per heavy atom. The van der Waals surface area contributed by atoms with E-state index in [9.17, 15) is 4.79 Å². The molecule has 0 radical (unpaired) electrons. The number of carbonyl (C=O) groups is 1. The maximum absolute atomic E-state index is 12.3. The van der Waals surface area contributed by atoms with Gasteiger partial charge in [-0.05, 0) is 53.3 Å². The molecule has 1 amide bonds. The predicted molar refractivity (Wildman–Crippen MR) is 101 cm³/mol. The maximum atomic E-state index is 12.3. The number of para-hydroxylation sites is 1. The van der Waals surface area contributed by atoms with E-state index in [4.69, 9.17) is 14.2 Å². The van der Waals surface area contributed by atoms with Gasteiger partial charge in [0.2, 0.25) is 0 Å². The smallest absolute Gasteiger partial charge is 0.252 e. The lowest BCUT2D eigenvalue weighted by Crippen LogP contribution is -2.26. The highest BCUT2D eigenvalue weighted by atomic mass is 127. The fourth-order valence-electron chi connectivity index (χ4n) is 2.10. The van der Waals surface area contributed by atoms with E-state index in [-0.39, 0.29) is 5.91 Å². The van der Waals surface area contributed by atoms with Crippen molar-refractivity contribution < 1.29 is 19.0 Å². The van der Waals surface area contributed by atoms with Crippen LogP contribution < -0.4 is 19.5 Å². The van der Waals surface area contributed by atoms with Crippen LogP contribution in [0.5, 0.6) is 17.2 Å². The minimum absolute atomic E-state index is 0.139.